The van der Waals surface area contributed by atoms with Gasteiger partial charge in [0.15, 0.2) is 0 Å². The number of carbonyl (C=O) groups is 1. The Morgan fingerprint density at radius 3 is 2.68 bits per heavy atom. The van der Waals surface area contributed by atoms with Crippen molar-refractivity contribution in [2.45, 2.75) is 13.2 Å². The second-order valence-electron chi connectivity index (χ2n) is 6.07. The number of fused-ring (bicyclic) bond motifs is 1. The molecule has 0 fully saturated rings. The Hall–Kier alpha value is -3.45. The first kappa shape index (κ1) is 17.9. The Bertz CT molecular complexity index is 1110. The highest BCUT2D eigenvalue weighted by Gasteiger charge is 2.22. The molecule has 0 atom stereocenters. The number of nitrogens with zero attached hydrogens (tertiary/aromatic N) is 1. The van der Waals surface area contributed by atoms with Gasteiger partial charge in [0.05, 0.1) is 6.61 Å². The fraction of sp³-hybridized carbons (Fsp3) is 0.143. The van der Waals surface area contributed by atoms with E-state index in [2.05, 4.69) is 4.98 Å². The average Bonchev–Trinajstić information content (AvgIpc) is 3.32. The maximum Gasteiger partial charge on any atom is 0.375 e. The SMILES string of the molecule is COCc1c(C(=O)OCc2coc(-c3ccc(F)cc3)n2)oc2ccccc12. The molecule has 7 heteroatoms. The minimum atomic E-state index is -0.616. The van der Waals surface area contributed by atoms with Crippen molar-refractivity contribution in [3.63, 3.8) is 0 Å². The minimum Gasteiger partial charge on any atom is -0.453 e. The molecule has 0 unspecified atom stereocenters. The number of esters is 1. The maximum absolute atomic E-state index is 13.0. The Balaban J connectivity index is 1.50. The third-order valence-electron chi connectivity index (χ3n) is 4.17. The summed E-state index contributed by atoms with van der Waals surface area (Å²) >= 11 is 0. The van der Waals surface area contributed by atoms with Crippen molar-refractivity contribution in [2.75, 3.05) is 7.11 Å². The van der Waals surface area contributed by atoms with Crippen LogP contribution in [-0.2, 0) is 22.7 Å². The Morgan fingerprint density at radius 1 is 1.11 bits per heavy atom. The van der Waals surface area contributed by atoms with Gasteiger partial charge in [-0.05, 0) is 30.3 Å². The van der Waals surface area contributed by atoms with Gasteiger partial charge in [0.2, 0.25) is 11.7 Å². The number of hydrogen-bond acceptors (Lipinski definition) is 6. The summed E-state index contributed by atoms with van der Waals surface area (Å²) in [5.74, 6) is -0.545. The molecule has 4 aromatic rings. The summed E-state index contributed by atoms with van der Waals surface area (Å²) < 4.78 is 34.6. The normalized spacial score (nSPS) is 11.1. The third-order valence-corrected chi connectivity index (χ3v) is 4.17. The number of para-hydroxylation sites is 1. The van der Waals surface area contributed by atoms with E-state index in [1.54, 1.807) is 25.3 Å². The number of carbonyl (C=O) groups excluding carboxylic acids is 1. The highest BCUT2D eigenvalue weighted by molar-refractivity contribution is 5.96. The van der Waals surface area contributed by atoms with Gasteiger partial charge in [0.1, 0.15) is 30.0 Å². The smallest absolute Gasteiger partial charge is 0.375 e. The zero-order valence-electron chi connectivity index (χ0n) is 15.0. The molecule has 2 aromatic heterocycles. The van der Waals surface area contributed by atoms with Crippen LogP contribution in [0.2, 0.25) is 0 Å². The predicted molar refractivity (Wildman–Crippen MR) is 97.9 cm³/mol. The number of benzene rings is 2. The van der Waals surface area contributed by atoms with E-state index in [-0.39, 0.29) is 24.8 Å². The van der Waals surface area contributed by atoms with Crippen molar-refractivity contribution >= 4 is 16.9 Å². The zero-order chi connectivity index (χ0) is 19.5. The number of aromatic nitrogens is 1. The first-order chi connectivity index (χ1) is 13.7. The molecule has 0 saturated heterocycles. The van der Waals surface area contributed by atoms with Crippen LogP contribution in [0.1, 0.15) is 21.8 Å². The van der Waals surface area contributed by atoms with E-state index in [1.165, 1.54) is 18.4 Å². The summed E-state index contributed by atoms with van der Waals surface area (Å²) in [6.45, 7) is 0.132. The van der Waals surface area contributed by atoms with Gasteiger partial charge < -0.3 is 18.3 Å². The molecule has 6 nitrogen and oxygen atoms in total. The summed E-state index contributed by atoms with van der Waals surface area (Å²) in [5, 5.41) is 0.802. The molecule has 0 bridgehead atoms. The van der Waals surface area contributed by atoms with Crippen LogP contribution in [-0.4, -0.2) is 18.1 Å². The van der Waals surface area contributed by atoms with Gasteiger partial charge in [-0.1, -0.05) is 18.2 Å². The highest BCUT2D eigenvalue weighted by Crippen LogP contribution is 2.27. The van der Waals surface area contributed by atoms with Crippen LogP contribution < -0.4 is 0 Å². The molecule has 0 aliphatic rings. The van der Waals surface area contributed by atoms with Crippen LogP contribution in [0.5, 0.6) is 0 Å². The van der Waals surface area contributed by atoms with Gasteiger partial charge in [0, 0.05) is 23.6 Å². The number of halogens is 1. The molecule has 4 rings (SSSR count). The lowest BCUT2D eigenvalue weighted by atomic mass is 10.1. The first-order valence-corrected chi connectivity index (χ1v) is 8.52. The molecule has 0 aliphatic carbocycles. The second kappa shape index (κ2) is 7.66. The van der Waals surface area contributed by atoms with Crippen LogP contribution in [0.25, 0.3) is 22.4 Å². The van der Waals surface area contributed by atoms with Crippen LogP contribution in [0.3, 0.4) is 0 Å². The van der Waals surface area contributed by atoms with Crippen molar-refractivity contribution in [2.24, 2.45) is 0 Å². The monoisotopic (exact) mass is 381 g/mol. The molecule has 0 amide bonds. The van der Waals surface area contributed by atoms with Crippen LogP contribution in [0, 0.1) is 5.82 Å². The quantitative estimate of drug-likeness (QED) is 0.450. The Kier molecular flexibility index (Phi) is 4.90. The summed E-state index contributed by atoms with van der Waals surface area (Å²) in [5.41, 5.74) is 2.27. The molecule has 0 N–H and O–H groups in total. The van der Waals surface area contributed by atoms with Gasteiger partial charge in [-0.3, -0.25) is 0 Å². The summed E-state index contributed by atoms with van der Waals surface area (Å²) in [4.78, 5) is 16.8. The topological polar surface area (TPSA) is 74.7 Å². The predicted octanol–water partition coefficient (Wildman–Crippen LogP) is 4.73. The lowest BCUT2D eigenvalue weighted by Crippen LogP contribution is -2.07. The largest absolute Gasteiger partial charge is 0.453 e. The lowest BCUT2D eigenvalue weighted by molar-refractivity contribution is 0.0427. The molecule has 0 saturated carbocycles. The Morgan fingerprint density at radius 2 is 1.89 bits per heavy atom. The van der Waals surface area contributed by atoms with Crippen LogP contribution in [0.4, 0.5) is 4.39 Å². The molecule has 142 valence electrons. The molecule has 2 aromatic carbocycles. The molecule has 0 aliphatic heterocycles. The summed E-state index contributed by atoms with van der Waals surface area (Å²) in [6, 6.07) is 13.1. The van der Waals surface area contributed by atoms with E-state index in [4.69, 9.17) is 18.3 Å². The van der Waals surface area contributed by atoms with E-state index in [9.17, 15) is 9.18 Å². The molecule has 0 spiro atoms. The van der Waals surface area contributed by atoms with E-state index >= 15 is 0 Å². The molecular weight excluding hydrogens is 365 g/mol. The third kappa shape index (κ3) is 3.52. The number of oxazole rings is 1. The van der Waals surface area contributed by atoms with Gasteiger partial charge in [-0.25, -0.2) is 14.2 Å². The van der Waals surface area contributed by atoms with Gasteiger partial charge in [-0.2, -0.15) is 0 Å². The van der Waals surface area contributed by atoms with Gasteiger partial charge in [0.25, 0.3) is 0 Å². The van der Waals surface area contributed by atoms with Crippen LogP contribution >= 0.6 is 0 Å². The fourth-order valence-corrected chi connectivity index (χ4v) is 2.85. The van der Waals surface area contributed by atoms with Gasteiger partial charge in [-0.15, -0.1) is 0 Å². The number of methoxy groups -OCH3 is 1. The van der Waals surface area contributed by atoms with Gasteiger partial charge >= 0.3 is 5.97 Å². The van der Waals surface area contributed by atoms with E-state index in [0.717, 1.165) is 5.39 Å². The van der Waals surface area contributed by atoms with Crippen molar-refractivity contribution < 1.29 is 27.5 Å². The summed E-state index contributed by atoms with van der Waals surface area (Å²) in [7, 11) is 1.54. The summed E-state index contributed by atoms with van der Waals surface area (Å²) in [6.07, 6.45) is 1.39. The van der Waals surface area contributed by atoms with E-state index in [1.807, 2.05) is 18.2 Å². The van der Waals surface area contributed by atoms with E-state index in [0.29, 0.717) is 28.3 Å². The molecule has 2 heterocycles. The number of hydrogen-bond donors (Lipinski definition) is 0. The van der Waals surface area contributed by atoms with Crippen molar-refractivity contribution in [1.29, 1.82) is 0 Å². The first-order valence-electron chi connectivity index (χ1n) is 8.52. The molecular formula is C21H16FNO5. The lowest BCUT2D eigenvalue weighted by Gasteiger charge is -2.03. The number of ether oxygens (including phenoxy) is 2. The standard InChI is InChI=1S/C21H16FNO5/c1-25-12-17-16-4-2-3-5-18(16)28-19(17)21(24)27-11-15-10-26-20(23-15)13-6-8-14(22)9-7-13/h2-10H,11-12H2,1H3. The highest BCUT2D eigenvalue weighted by atomic mass is 19.1. The van der Waals surface area contributed by atoms with E-state index < -0.39 is 5.97 Å². The number of furan rings is 1. The molecule has 28 heavy (non-hydrogen) atoms. The fourth-order valence-electron chi connectivity index (χ4n) is 2.85. The van der Waals surface area contributed by atoms with Crippen LogP contribution in [0.15, 0.2) is 63.6 Å². The second-order valence-corrected chi connectivity index (χ2v) is 6.07. The Labute approximate surface area is 159 Å². The minimum absolute atomic E-state index is 0.0903. The van der Waals surface area contributed by atoms with Crippen molar-refractivity contribution in [3.05, 3.63) is 77.6 Å². The molecule has 0 radical (unpaired) electrons. The average molecular weight is 381 g/mol. The maximum atomic E-state index is 13.0. The van der Waals surface area contributed by atoms with Crippen molar-refractivity contribution in [1.82, 2.24) is 4.98 Å². The van der Waals surface area contributed by atoms with Crippen molar-refractivity contribution in [3.8, 4) is 11.5 Å². The zero-order valence-corrected chi connectivity index (χ0v) is 15.0. The number of rotatable bonds is 6.